The zero-order chi connectivity index (χ0) is 18.4. The standard InChI is InChI=1S/C17H18F2N2O3S/c1-10-4-6-13(15(8-10)24-16(18)19)21-17(25)20-12-7-5-11(22-2)9-14(12)23-3/h4-9,16H,1-3H3,(H2,20,21,25). The van der Waals surface area contributed by atoms with Gasteiger partial charge < -0.3 is 24.8 Å². The first-order valence-electron chi connectivity index (χ1n) is 7.28. The molecule has 0 radical (unpaired) electrons. The summed E-state index contributed by atoms with van der Waals surface area (Å²) in [5.74, 6) is 1.17. The minimum absolute atomic E-state index is 0.0147. The number of benzene rings is 2. The lowest BCUT2D eigenvalue weighted by Crippen LogP contribution is -2.20. The molecule has 0 amide bonds. The summed E-state index contributed by atoms with van der Waals surface area (Å²) in [6, 6.07) is 10.1. The number of hydrogen-bond donors (Lipinski definition) is 2. The van der Waals surface area contributed by atoms with Crippen LogP contribution in [-0.4, -0.2) is 25.9 Å². The number of hydrogen-bond acceptors (Lipinski definition) is 4. The fourth-order valence-electron chi connectivity index (χ4n) is 2.10. The van der Waals surface area contributed by atoms with Gasteiger partial charge in [-0.15, -0.1) is 0 Å². The molecule has 0 heterocycles. The highest BCUT2D eigenvalue weighted by Crippen LogP contribution is 2.30. The molecular formula is C17H18F2N2O3S. The van der Waals surface area contributed by atoms with Crippen molar-refractivity contribution in [3.63, 3.8) is 0 Å². The van der Waals surface area contributed by atoms with Gasteiger partial charge >= 0.3 is 6.61 Å². The highest BCUT2D eigenvalue weighted by atomic mass is 32.1. The molecule has 0 aliphatic heterocycles. The molecule has 0 spiro atoms. The second-order valence-corrected chi connectivity index (χ2v) is 5.43. The maximum atomic E-state index is 12.6. The monoisotopic (exact) mass is 368 g/mol. The molecule has 0 aliphatic rings. The number of thiocarbonyl (C=S) groups is 1. The second-order valence-electron chi connectivity index (χ2n) is 5.02. The summed E-state index contributed by atoms with van der Waals surface area (Å²) >= 11 is 5.24. The van der Waals surface area contributed by atoms with E-state index in [1.165, 1.54) is 13.2 Å². The van der Waals surface area contributed by atoms with Gasteiger partial charge in [0.15, 0.2) is 5.11 Å². The number of nitrogens with one attached hydrogen (secondary N) is 2. The van der Waals surface area contributed by atoms with E-state index in [-0.39, 0.29) is 10.9 Å². The lowest BCUT2D eigenvalue weighted by molar-refractivity contribution is -0.0493. The number of methoxy groups -OCH3 is 2. The van der Waals surface area contributed by atoms with Crippen molar-refractivity contribution in [2.45, 2.75) is 13.5 Å². The van der Waals surface area contributed by atoms with Gasteiger partial charge in [0.25, 0.3) is 0 Å². The summed E-state index contributed by atoms with van der Waals surface area (Å²) in [7, 11) is 3.07. The molecule has 25 heavy (non-hydrogen) atoms. The minimum Gasteiger partial charge on any atom is -0.497 e. The average Bonchev–Trinajstić information content (AvgIpc) is 2.57. The van der Waals surface area contributed by atoms with Crippen LogP contribution in [-0.2, 0) is 0 Å². The SMILES string of the molecule is COc1ccc(NC(=S)Nc2ccc(C)cc2OC(F)F)c(OC)c1. The molecule has 2 N–H and O–H groups in total. The van der Waals surface area contributed by atoms with Crippen molar-refractivity contribution in [3.05, 3.63) is 42.0 Å². The Morgan fingerprint density at radius 1 is 0.960 bits per heavy atom. The summed E-state index contributed by atoms with van der Waals surface area (Å²) in [6.45, 7) is -1.15. The molecule has 0 aromatic heterocycles. The highest BCUT2D eigenvalue weighted by molar-refractivity contribution is 7.80. The van der Waals surface area contributed by atoms with Gasteiger partial charge in [0.2, 0.25) is 0 Å². The first-order valence-corrected chi connectivity index (χ1v) is 7.69. The van der Waals surface area contributed by atoms with Crippen molar-refractivity contribution in [3.8, 4) is 17.2 Å². The summed E-state index contributed by atoms with van der Waals surface area (Å²) in [5.41, 5.74) is 1.72. The fourth-order valence-corrected chi connectivity index (χ4v) is 2.32. The highest BCUT2D eigenvalue weighted by Gasteiger charge is 2.12. The molecular weight excluding hydrogens is 350 g/mol. The fraction of sp³-hybridized carbons (Fsp3) is 0.235. The molecule has 2 aromatic rings. The van der Waals surface area contributed by atoms with Gasteiger partial charge in [0, 0.05) is 6.07 Å². The number of ether oxygens (including phenoxy) is 3. The van der Waals surface area contributed by atoms with Crippen LogP contribution in [0.3, 0.4) is 0 Å². The Morgan fingerprint density at radius 3 is 2.20 bits per heavy atom. The van der Waals surface area contributed by atoms with Gasteiger partial charge in [-0.05, 0) is 49.0 Å². The molecule has 2 aromatic carbocycles. The molecule has 0 unspecified atom stereocenters. The molecule has 5 nitrogen and oxygen atoms in total. The Hall–Kier alpha value is -2.61. The third-order valence-electron chi connectivity index (χ3n) is 3.26. The number of alkyl halides is 2. The van der Waals surface area contributed by atoms with Crippen molar-refractivity contribution < 1.29 is 23.0 Å². The molecule has 0 bridgehead atoms. The predicted octanol–water partition coefficient (Wildman–Crippen LogP) is 4.42. The van der Waals surface area contributed by atoms with Crippen LogP contribution < -0.4 is 24.8 Å². The predicted molar refractivity (Wildman–Crippen MR) is 97.2 cm³/mol. The van der Waals surface area contributed by atoms with Crippen LogP contribution in [0.25, 0.3) is 0 Å². The van der Waals surface area contributed by atoms with Gasteiger partial charge in [-0.25, -0.2) is 0 Å². The van der Waals surface area contributed by atoms with E-state index in [0.29, 0.717) is 22.9 Å². The Labute approximate surface area is 149 Å². The van der Waals surface area contributed by atoms with E-state index >= 15 is 0 Å². The number of rotatable bonds is 6. The molecule has 0 saturated heterocycles. The number of halogens is 2. The van der Waals surface area contributed by atoms with Gasteiger partial charge in [0.05, 0.1) is 25.6 Å². The maximum absolute atomic E-state index is 12.6. The van der Waals surface area contributed by atoms with Crippen LogP contribution in [0.2, 0.25) is 0 Å². The molecule has 134 valence electrons. The van der Waals surface area contributed by atoms with Crippen LogP contribution in [0.15, 0.2) is 36.4 Å². The average molecular weight is 368 g/mol. The lowest BCUT2D eigenvalue weighted by atomic mass is 10.2. The van der Waals surface area contributed by atoms with Crippen LogP contribution >= 0.6 is 12.2 Å². The van der Waals surface area contributed by atoms with Crippen molar-refractivity contribution in [1.82, 2.24) is 0 Å². The van der Waals surface area contributed by atoms with Gasteiger partial charge in [-0.1, -0.05) is 6.07 Å². The number of anilines is 2. The van der Waals surface area contributed by atoms with E-state index < -0.39 is 6.61 Å². The van der Waals surface area contributed by atoms with E-state index in [1.54, 1.807) is 44.4 Å². The largest absolute Gasteiger partial charge is 0.497 e. The molecule has 0 saturated carbocycles. The molecule has 0 fully saturated rings. The summed E-state index contributed by atoms with van der Waals surface area (Å²) in [4.78, 5) is 0. The van der Waals surface area contributed by atoms with E-state index in [4.69, 9.17) is 21.7 Å². The lowest BCUT2D eigenvalue weighted by Gasteiger charge is -2.16. The molecule has 8 heteroatoms. The summed E-state index contributed by atoms with van der Waals surface area (Å²) < 4.78 is 40.1. The molecule has 2 rings (SSSR count). The van der Waals surface area contributed by atoms with E-state index in [2.05, 4.69) is 15.4 Å². The van der Waals surface area contributed by atoms with Crippen molar-refractivity contribution in [2.75, 3.05) is 24.9 Å². The van der Waals surface area contributed by atoms with Crippen LogP contribution in [0.5, 0.6) is 17.2 Å². The minimum atomic E-state index is -2.93. The zero-order valence-corrected chi connectivity index (χ0v) is 14.7. The third kappa shape index (κ3) is 5.18. The Kier molecular flexibility index (Phi) is 6.35. The second kappa shape index (κ2) is 8.48. The quantitative estimate of drug-likeness (QED) is 0.736. The van der Waals surface area contributed by atoms with Crippen LogP contribution in [0, 0.1) is 6.92 Å². The molecule has 0 aliphatic carbocycles. The number of aryl methyl sites for hydroxylation is 1. The van der Waals surface area contributed by atoms with Gasteiger partial charge in [0.1, 0.15) is 17.2 Å². The smallest absolute Gasteiger partial charge is 0.387 e. The first kappa shape index (κ1) is 18.7. The van der Waals surface area contributed by atoms with Crippen molar-refractivity contribution >= 4 is 28.7 Å². The Balaban J connectivity index is 2.15. The van der Waals surface area contributed by atoms with Crippen molar-refractivity contribution in [1.29, 1.82) is 0 Å². The molecule has 0 atom stereocenters. The summed E-state index contributed by atoms with van der Waals surface area (Å²) in [6.07, 6.45) is 0. The normalized spacial score (nSPS) is 10.3. The van der Waals surface area contributed by atoms with E-state index in [9.17, 15) is 8.78 Å². The van der Waals surface area contributed by atoms with Crippen LogP contribution in [0.1, 0.15) is 5.56 Å². The van der Waals surface area contributed by atoms with Crippen LogP contribution in [0.4, 0.5) is 20.2 Å². The third-order valence-corrected chi connectivity index (χ3v) is 3.46. The van der Waals surface area contributed by atoms with Gasteiger partial charge in [-0.2, -0.15) is 8.78 Å². The van der Waals surface area contributed by atoms with E-state index in [1.807, 2.05) is 0 Å². The van der Waals surface area contributed by atoms with Gasteiger partial charge in [-0.3, -0.25) is 0 Å². The van der Waals surface area contributed by atoms with Crippen molar-refractivity contribution in [2.24, 2.45) is 0 Å². The zero-order valence-electron chi connectivity index (χ0n) is 13.9. The first-order chi connectivity index (χ1) is 11.9. The Bertz CT molecular complexity index is 757. The Morgan fingerprint density at radius 2 is 1.60 bits per heavy atom. The topological polar surface area (TPSA) is 51.8 Å². The summed E-state index contributed by atoms with van der Waals surface area (Å²) in [5, 5.41) is 6.00. The van der Waals surface area contributed by atoms with E-state index in [0.717, 1.165) is 5.56 Å². The maximum Gasteiger partial charge on any atom is 0.387 e.